The Morgan fingerprint density at radius 2 is 2.25 bits per heavy atom. The molecule has 0 radical (unpaired) electrons. The van der Waals surface area contributed by atoms with Crippen molar-refractivity contribution in [3.8, 4) is 0 Å². The number of aromatic carboxylic acids is 1. The molecule has 0 aliphatic carbocycles. The van der Waals surface area contributed by atoms with Crippen molar-refractivity contribution in [3.05, 3.63) is 22.9 Å². The number of nitrogens with zero attached hydrogens (tertiary/aromatic N) is 2. The molecule has 1 fully saturated rings. The minimum Gasteiger partial charge on any atom is -0.478 e. The summed E-state index contributed by atoms with van der Waals surface area (Å²) in [6, 6.07) is 2.18. The molecule has 0 aromatic carbocycles. The molecule has 3 heterocycles. The van der Waals surface area contributed by atoms with Crippen molar-refractivity contribution >= 4 is 11.8 Å². The third kappa shape index (κ3) is 2.38. The van der Waals surface area contributed by atoms with Gasteiger partial charge in [-0.2, -0.15) is 0 Å². The smallest absolute Gasteiger partial charge is 0.336 e. The molecule has 1 atom stereocenters. The van der Waals surface area contributed by atoms with Gasteiger partial charge in [0.15, 0.2) is 0 Å². The van der Waals surface area contributed by atoms with Crippen LogP contribution in [0.15, 0.2) is 6.07 Å². The van der Waals surface area contributed by atoms with Crippen LogP contribution < -0.4 is 4.90 Å². The minimum absolute atomic E-state index is 0.398. The zero-order chi connectivity index (χ0) is 14.1. The number of ether oxygens (including phenoxy) is 1. The van der Waals surface area contributed by atoms with Crippen LogP contribution in [-0.2, 0) is 17.6 Å². The van der Waals surface area contributed by atoms with E-state index in [1.807, 2.05) is 0 Å². The van der Waals surface area contributed by atoms with E-state index in [4.69, 9.17) is 9.72 Å². The summed E-state index contributed by atoms with van der Waals surface area (Å²) in [6.45, 7) is 4.33. The van der Waals surface area contributed by atoms with Crippen molar-refractivity contribution in [1.82, 2.24) is 4.98 Å². The van der Waals surface area contributed by atoms with E-state index in [-0.39, 0.29) is 0 Å². The highest BCUT2D eigenvalue weighted by Gasteiger charge is 2.26. The fraction of sp³-hybridized carbons (Fsp3) is 0.600. The second-order valence-corrected chi connectivity index (χ2v) is 5.56. The maximum Gasteiger partial charge on any atom is 0.336 e. The molecular formula is C15H20N2O3. The van der Waals surface area contributed by atoms with E-state index in [2.05, 4.69) is 11.8 Å². The van der Waals surface area contributed by atoms with Gasteiger partial charge in [0, 0.05) is 24.7 Å². The number of hydrogen-bond donors (Lipinski definition) is 1. The standard InChI is InChI=1S/C15H20N2O3/c1-10-3-2-6-17(10)14-9-12(15(18)19)11-4-7-20-8-5-13(11)16-14/h9-10H,2-8H2,1H3,(H,18,19)/t10-/m0/s1. The number of rotatable bonds is 2. The number of anilines is 1. The molecule has 20 heavy (non-hydrogen) atoms. The Balaban J connectivity index is 2.06. The van der Waals surface area contributed by atoms with Gasteiger partial charge in [0.2, 0.25) is 0 Å². The van der Waals surface area contributed by atoms with Crippen LogP contribution >= 0.6 is 0 Å². The summed E-state index contributed by atoms with van der Waals surface area (Å²) in [5.41, 5.74) is 2.15. The van der Waals surface area contributed by atoms with E-state index in [9.17, 15) is 9.90 Å². The highest BCUT2D eigenvalue weighted by atomic mass is 16.5. The maximum atomic E-state index is 11.5. The molecule has 2 aliphatic rings. The van der Waals surface area contributed by atoms with Crippen molar-refractivity contribution in [3.63, 3.8) is 0 Å². The Morgan fingerprint density at radius 3 is 2.95 bits per heavy atom. The van der Waals surface area contributed by atoms with E-state index >= 15 is 0 Å². The number of carbonyl (C=O) groups is 1. The van der Waals surface area contributed by atoms with Gasteiger partial charge in [-0.25, -0.2) is 9.78 Å². The van der Waals surface area contributed by atoms with Gasteiger partial charge in [-0.15, -0.1) is 0 Å². The topological polar surface area (TPSA) is 62.7 Å². The fourth-order valence-corrected chi connectivity index (χ4v) is 3.15. The maximum absolute atomic E-state index is 11.5. The SMILES string of the molecule is C[C@H]1CCCN1c1cc(C(=O)O)c2c(n1)CCOCC2. The summed E-state index contributed by atoms with van der Waals surface area (Å²) in [5, 5.41) is 9.48. The number of carboxylic acid groups (broad SMARTS) is 1. The Hall–Kier alpha value is -1.62. The molecule has 0 bridgehead atoms. The summed E-state index contributed by atoms with van der Waals surface area (Å²) in [7, 11) is 0. The molecule has 1 saturated heterocycles. The van der Waals surface area contributed by atoms with E-state index < -0.39 is 5.97 Å². The van der Waals surface area contributed by atoms with Gasteiger partial charge in [0.25, 0.3) is 0 Å². The first kappa shape index (κ1) is 13.4. The average Bonchev–Trinajstić information content (AvgIpc) is 2.72. The fourth-order valence-electron chi connectivity index (χ4n) is 3.15. The van der Waals surface area contributed by atoms with Crippen LogP contribution in [0.5, 0.6) is 0 Å². The number of hydrogen-bond acceptors (Lipinski definition) is 4. The largest absolute Gasteiger partial charge is 0.478 e. The highest BCUT2D eigenvalue weighted by Crippen LogP contribution is 2.28. The predicted molar refractivity (Wildman–Crippen MR) is 75.5 cm³/mol. The molecule has 3 rings (SSSR count). The van der Waals surface area contributed by atoms with Crippen molar-refractivity contribution < 1.29 is 14.6 Å². The number of carboxylic acids is 1. The molecule has 1 aromatic heterocycles. The van der Waals surface area contributed by atoms with E-state index in [1.165, 1.54) is 0 Å². The van der Waals surface area contributed by atoms with Crippen LogP contribution in [0.3, 0.4) is 0 Å². The first-order chi connectivity index (χ1) is 9.66. The third-order valence-corrected chi connectivity index (χ3v) is 4.25. The molecule has 0 unspecified atom stereocenters. The summed E-state index contributed by atoms with van der Waals surface area (Å²) in [5.74, 6) is -0.0494. The normalized spacial score (nSPS) is 22.4. The second-order valence-electron chi connectivity index (χ2n) is 5.56. The first-order valence-electron chi connectivity index (χ1n) is 7.27. The van der Waals surface area contributed by atoms with Gasteiger partial charge in [0.1, 0.15) is 5.82 Å². The molecule has 1 aromatic rings. The molecule has 5 nitrogen and oxygen atoms in total. The molecule has 5 heteroatoms. The zero-order valence-corrected chi connectivity index (χ0v) is 11.8. The molecule has 0 amide bonds. The van der Waals surface area contributed by atoms with Crippen molar-refractivity contribution in [2.24, 2.45) is 0 Å². The van der Waals surface area contributed by atoms with Crippen LogP contribution in [0.2, 0.25) is 0 Å². The van der Waals surface area contributed by atoms with Crippen molar-refractivity contribution in [1.29, 1.82) is 0 Å². The first-order valence-corrected chi connectivity index (χ1v) is 7.27. The second kappa shape index (κ2) is 5.40. The van der Waals surface area contributed by atoms with Gasteiger partial charge in [-0.05, 0) is 37.8 Å². The number of aromatic nitrogens is 1. The number of fused-ring (bicyclic) bond motifs is 1. The lowest BCUT2D eigenvalue weighted by Gasteiger charge is -2.24. The quantitative estimate of drug-likeness (QED) is 0.893. The summed E-state index contributed by atoms with van der Waals surface area (Å²) < 4.78 is 5.45. The molecule has 1 N–H and O–H groups in total. The van der Waals surface area contributed by atoms with Crippen molar-refractivity contribution in [2.45, 2.75) is 38.6 Å². The van der Waals surface area contributed by atoms with Crippen LogP contribution in [0.25, 0.3) is 0 Å². The molecule has 2 aliphatic heterocycles. The molecule has 0 spiro atoms. The van der Waals surface area contributed by atoms with Gasteiger partial charge < -0.3 is 14.7 Å². The van der Waals surface area contributed by atoms with E-state index in [0.717, 1.165) is 36.5 Å². The zero-order valence-electron chi connectivity index (χ0n) is 11.8. The lowest BCUT2D eigenvalue weighted by atomic mass is 10.0. The van der Waals surface area contributed by atoms with Crippen LogP contribution in [-0.4, -0.2) is 41.9 Å². The number of pyridine rings is 1. The van der Waals surface area contributed by atoms with Gasteiger partial charge in [0.05, 0.1) is 18.8 Å². The molecule has 108 valence electrons. The molecule has 0 saturated carbocycles. The Labute approximate surface area is 118 Å². The van der Waals surface area contributed by atoms with E-state index in [0.29, 0.717) is 37.7 Å². The average molecular weight is 276 g/mol. The predicted octanol–water partition coefficient (Wildman–Crippen LogP) is 1.88. The van der Waals surface area contributed by atoms with Gasteiger partial charge in [-0.3, -0.25) is 0 Å². The van der Waals surface area contributed by atoms with E-state index in [1.54, 1.807) is 6.07 Å². The Kier molecular flexibility index (Phi) is 3.61. The Morgan fingerprint density at radius 1 is 1.45 bits per heavy atom. The van der Waals surface area contributed by atoms with Crippen LogP contribution in [0.4, 0.5) is 5.82 Å². The lowest BCUT2D eigenvalue weighted by molar-refractivity contribution is 0.0695. The van der Waals surface area contributed by atoms with Gasteiger partial charge in [-0.1, -0.05) is 0 Å². The van der Waals surface area contributed by atoms with Crippen LogP contribution in [0.1, 0.15) is 41.4 Å². The van der Waals surface area contributed by atoms with Crippen molar-refractivity contribution in [2.75, 3.05) is 24.7 Å². The monoisotopic (exact) mass is 276 g/mol. The third-order valence-electron chi connectivity index (χ3n) is 4.25. The highest BCUT2D eigenvalue weighted by molar-refractivity contribution is 5.90. The lowest BCUT2D eigenvalue weighted by Crippen LogP contribution is -2.28. The van der Waals surface area contributed by atoms with Crippen LogP contribution in [0, 0.1) is 0 Å². The minimum atomic E-state index is -0.862. The molecular weight excluding hydrogens is 256 g/mol. The summed E-state index contributed by atoms with van der Waals surface area (Å²) in [6.07, 6.45) is 3.63. The summed E-state index contributed by atoms with van der Waals surface area (Å²) >= 11 is 0. The summed E-state index contributed by atoms with van der Waals surface area (Å²) in [4.78, 5) is 18.5. The Bertz CT molecular complexity index is 530. The van der Waals surface area contributed by atoms with Gasteiger partial charge >= 0.3 is 5.97 Å².